The monoisotopic (exact) mass is 393 g/mol. The number of thiazole rings is 1. The number of hydrogen-bond donors (Lipinski definition) is 0. The molecule has 4 nitrogen and oxygen atoms in total. The number of halogens is 1. The first-order valence-corrected chi connectivity index (χ1v) is 9.61. The molecule has 0 bridgehead atoms. The molecule has 0 fully saturated rings. The summed E-state index contributed by atoms with van der Waals surface area (Å²) in [5, 5.41) is 1.55. The van der Waals surface area contributed by atoms with Gasteiger partial charge in [0.15, 0.2) is 4.80 Å². The van der Waals surface area contributed by atoms with Crippen molar-refractivity contribution >= 4 is 50.0 Å². The smallest absolute Gasteiger partial charge is 0.279 e. The summed E-state index contributed by atoms with van der Waals surface area (Å²) in [6, 6.07) is 15.0. The second-order valence-corrected chi connectivity index (χ2v) is 7.56. The topological polar surface area (TPSA) is 47.2 Å². The molecule has 4 aromatic rings. The number of carbonyl (C=O) groups is 1. The number of rotatable bonds is 3. The fourth-order valence-electron chi connectivity index (χ4n) is 2.98. The number of benzene rings is 2. The third-order valence-corrected chi connectivity index (χ3v) is 5.58. The maximum atomic E-state index is 12.8. The van der Waals surface area contributed by atoms with E-state index in [2.05, 4.69) is 16.6 Å². The van der Waals surface area contributed by atoms with E-state index in [9.17, 15) is 4.79 Å². The van der Waals surface area contributed by atoms with Crippen molar-refractivity contribution in [1.29, 1.82) is 0 Å². The van der Waals surface area contributed by atoms with E-state index in [1.807, 2.05) is 54.0 Å². The molecule has 0 N–H and O–H groups in total. The summed E-state index contributed by atoms with van der Waals surface area (Å²) in [7, 11) is 0. The highest BCUT2D eigenvalue weighted by atomic mass is 35.5. The molecular formula is C21H16ClN3OS. The Balaban J connectivity index is 1.84. The lowest BCUT2D eigenvalue weighted by molar-refractivity contribution is 0.0998. The zero-order chi connectivity index (χ0) is 19.0. The van der Waals surface area contributed by atoms with Crippen LogP contribution in [-0.2, 0) is 6.54 Å². The van der Waals surface area contributed by atoms with Crippen LogP contribution in [0.2, 0.25) is 5.02 Å². The number of pyridine rings is 1. The SMILES string of the molecule is C=CCn1c(=NC(=O)c2ccc3nc(C)ccc3c2)sc2cccc(Cl)c21. The molecule has 2 heterocycles. The Bertz CT molecular complexity index is 1270. The standard InChI is InChI=1S/C21H16ClN3OS/c1-3-11-25-19-16(22)5-4-6-18(19)27-21(25)24-20(26)15-9-10-17-14(12-15)8-7-13(2)23-17/h3-10,12H,1,11H2,2H3. The lowest BCUT2D eigenvalue weighted by Gasteiger charge is -2.03. The molecule has 0 aliphatic heterocycles. The van der Waals surface area contributed by atoms with Crippen molar-refractivity contribution in [3.8, 4) is 0 Å². The molecule has 0 saturated carbocycles. The van der Waals surface area contributed by atoms with E-state index in [-0.39, 0.29) is 5.91 Å². The third-order valence-electron chi connectivity index (χ3n) is 4.24. The molecule has 27 heavy (non-hydrogen) atoms. The van der Waals surface area contributed by atoms with Gasteiger partial charge in [-0.25, -0.2) is 0 Å². The number of hydrogen-bond acceptors (Lipinski definition) is 3. The minimum Gasteiger partial charge on any atom is -0.311 e. The third kappa shape index (κ3) is 3.31. The van der Waals surface area contributed by atoms with E-state index in [0.717, 1.165) is 26.8 Å². The van der Waals surface area contributed by atoms with Gasteiger partial charge in [-0.3, -0.25) is 9.78 Å². The number of allylic oxidation sites excluding steroid dienone is 1. The highest BCUT2D eigenvalue weighted by Gasteiger charge is 2.11. The van der Waals surface area contributed by atoms with Gasteiger partial charge in [-0.2, -0.15) is 4.99 Å². The second kappa shape index (κ2) is 7.10. The number of carbonyl (C=O) groups excluding carboxylic acids is 1. The Hall–Kier alpha value is -2.76. The maximum absolute atomic E-state index is 12.8. The summed E-state index contributed by atoms with van der Waals surface area (Å²) in [5.74, 6) is -0.294. The molecule has 134 valence electrons. The van der Waals surface area contributed by atoms with Gasteiger partial charge in [0.1, 0.15) is 0 Å². The van der Waals surface area contributed by atoms with Gasteiger partial charge >= 0.3 is 0 Å². The molecule has 0 radical (unpaired) electrons. The van der Waals surface area contributed by atoms with Crippen LogP contribution < -0.4 is 4.80 Å². The van der Waals surface area contributed by atoms with E-state index >= 15 is 0 Å². The van der Waals surface area contributed by atoms with Crippen LogP contribution in [0.5, 0.6) is 0 Å². The van der Waals surface area contributed by atoms with Gasteiger partial charge in [0.25, 0.3) is 5.91 Å². The summed E-state index contributed by atoms with van der Waals surface area (Å²) in [5.41, 5.74) is 3.21. The van der Waals surface area contributed by atoms with Crippen LogP contribution in [0, 0.1) is 6.92 Å². The van der Waals surface area contributed by atoms with Crippen LogP contribution in [-0.4, -0.2) is 15.5 Å². The van der Waals surface area contributed by atoms with Gasteiger partial charge in [0, 0.05) is 23.2 Å². The number of para-hydroxylation sites is 1. The molecule has 6 heteroatoms. The summed E-state index contributed by atoms with van der Waals surface area (Å²) in [6.45, 7) is 6.27. The first kappa shape index (κ1) is 17.6. The van der Waals surface area contributed by atoms with Crippen molar-refractivity contribution in [2.45, 2.75) is 13.5 Å². The molecule has 4 rings (SSSR count). The van der Waals surface area contributed by atoms with E-state index in [0.29, 0.717) is 21.9 Å². The maximum Gasteiger partial charge on any atom is 0.279 e. The van der Waals surface area contributed by atoms with Gasteiger partial charge in [-0.05, 0) is 43.3 Å². The van der Waals surface area contributed by atoms with Crippen molar-refractivity contribution in [1.82, 2.24) is 9.55 Å². The van der Waals surface area contributed by atoms with E-state index < -0.39 is 0 Å². The molecule has 0 atom stereocenters. The van der Waals surface area contributed by atoms with Crippen LogP contribution in [0.1, 0.15) is 16.1 Å². The van der Waals surface area contributed by atoms with Gasteiger partial charge in [-0.1, -0.05) is 41.1 Å². The van der Waals surface area contributed by atoms with Crippen molar-refractivity contribution < 1.29 is 4.79 Å². The summed E-state index contributed by atoms with van der Waals surface area (Å²) in [6.07, 6.45) is 1.77. The molecule has 2 aromatic heterocycles. The number of amides is 1. The van der Waals surface area contributed by atoms with Crippen molar-refractivity contribution in [2.24, 2.45) is 4.99 Å². The Morgan fingerprint density at radius 2 is 2.15 bits per heavy atom. The second-order valence-electron chi connectivity index (χ2n) is 6.15. The average Bonchev–Trinajstić information content (AvgIpc) is 3.00. The van der Waals surface area contributed by atoms with Crippen LogP contribution in [0.15, 0.2) is 66.2 Å². The number of aryl methyl sites for hydroxylation is 1. The van der Waals surface area contributed by atoms with Crippen molar-refractivity contribution in [3.63, 3.8) is 0 Å². The predicted molar refractivity (Wildman–Crippen MR) is 111 cm³/mol. The zero-order valence-electron chi connectivity index (χ0n) is 14.6. The number of fused-ring (bicyclic) bond motifs is 2. The summed E-state index contributed by atoms with van der Waals surface area (Å²) >= 11 is 7.80. The molecule has 0 unspecified atom stereocenters. The Kier molecular flexibility index (Phi) is 4.64. The molecule has 0 spiro atoms. The highest BCUT2D eigenvalue weighted by molar-refractivity contribution is 7.16. The fraction of sp³-hybridized carbons (Fsp3) is 0.0952. The minimum absolute atomic E-state index is 0.294. The van der Waals surface area contributed by atoms with E-state index in [1.54, 1.807) is 12.1 Å². The Labute approximate surface area is 165 Å². The van der Waals surface area contributed by atoms with Gasteiger partial charge in [0.05, 0.1) is 20.8 Å². The first-order chi connectivity index (χ1) is 13.1. The molecule has 0 saturated heterocycles. The molecule has 0 aliphatic rings. The Morgan fingerprint density at radius 3 is 2.96 bits per heavy atom. The highest BCUT2D eigenvalue weighted by Crippen LogP contribution is 2.25. The lowest BCUT2D eigenvalue weighted by atomic mass is 10.1. The molecule has 2 aromatic carbocycles. The first-order valence-electron chi connectivity index (χ1n) is 8.42. The average molecular weight is 394 g/mol. The number of nitrogens with zero attached hydrogens (tertiary/aromatic N) is 3. The normalized spacial score (nSPS) is 12.0. The van der Waals surface area contributed by atoms with Crippen LogP contribution >= 0.6 is 22.9 Å². The predicted octanol–water partition coefficient (Wildman–Crippen LogP) is 5.14. The lowest BCUT2D eigenvalue weighted by Crippen LogP contribution is -2.16. The van der Waals surface area contributed by atoms with Crippen LogP contribution in [0.25, 0.3) is 21.1 Å². The zero-order valence-corrected chi connectivity index (χ0v) is 16.2. The quantitative estimate of drug-likeness (QED) is 0.452. The van der Waals surface area contributed by atoms with Gasteiger partial charge < -0.3 is 4.57 Å². The molecule has 0 aliphatic carbocycles. The van der Waals surface area contributed by atoms with Crippen molar-refractivity contribution in [3.05, 3.63) is 82.3 Å². The summed E-state index contributed by atoms with van der Waals surface area (Å²) < 4.78 is 2.90. The van der Waals surface area contributed by atoms with E-state index in [4.69, 9.17) is 11.6 Å². The minimum atomic E-state index is -0.294. The largest absolute Gasteiger partial charge is 0.311 e. The van der Waals surface area contributed by atoms with Crippen molar-refractivity contribution in [2.75, 3.05) is 0 Å². The molecular weight excluding hydrogens is 378 g/mol. The van der Waals surface area contributed by atoms with Gasteiger partial charge in [0.2, 0.25) is 0 Å². The molecule has 1 amide bonds. The van der Waals surface area contributed by atoms with E-state index in [1.165, 1.54) is 11.3 Å². The number of aromatic nitrogens is 2. The Morgan fingerprint density at radius 1 is 1.30 bits per heavy atom. The summed E-state index contributed by atoms with van der Waals surface area (Å²) in [4.78, 5) is 22.2. The van der Waals surface area contributed by atoms with Crippen LogP contribution in [0.4, 0.5) is 0 Å². The van der Waals surface area contributed by atoms with Gasteiger partial charge in [-0.15, -0.1) is 6.58 Å². The van der Waals surface area contributed by atoms with Crippen LogP contribution in [0.3, 0.4) is 0 Å². The fourth-order valence-corrected chi connectivity index (χ4v) is 4.38.